The van der Waals surface area contributed by atoms with Crippen LogP contribution in [0.1, 0.15) is 13.8 Å². The molecule has 0 bridgehead atoms. The summed E-state index contributed by atoms with van der Waals surface area (Å²) in [4.78, 5) is 0. The highest BCUT2D eigenvalue weighted by atomic mass is 32.2. The normalized spacial score (nSPS) is 14.7. The number of nitrogens with zero attached hydrogens (tertiary/aromatic N) is 1. The molecule has 0 saturated heterocycles. The number of hydrogen-bond donors (Lipinski definition) is 1. The molecule has 0 amide bonds. The summed E-state index contributed by atoms with van der Waals surface area (Å²) in [7, 11) is -4.18. The standard InChI is InChI=1S/C5H9NO3S/c1-4(2)5(3-6)10(7,8)9/h4-5H,1-2H3,(H,7,8,9). The molecule has 0 aromatic heterocycles. The lowest BCUT2D eigenvalue weighted by Gasteiger charge is -2.07. The van der Waals surface area contributed by atoms with Crippen molar-refractivity contribution in [2.75, 3.05) is 0 Å². The van der Waals surface area contributed by atoms with Gasteiger partial charge in [-0.2, -0.15) is 13.7 Å². The van der Waals surface area contributed by atoms with Crippen LogP contribution < -0.4 is 0 Å². The van der Waals surface area contributed by atoms with E-state index in [4.69, 9.17) is 9.81 Å². The van der Waals surface area contributed by atoms with Crippen molar-refractivity contribution in [3.05, 3.63) is 0 Å². The number of rotatable bonds is 2. The van der Waals surface area contributed by atoms with Gasteiger partial charge in [-0.15, -0.1) is 0 Å². The van der Waals surface area contributed by atoms with Crippen LogP contribution in [0.2, 0.25) is 0 Å². The van der Waals surface area contributed by atoms with Crippen molar-refractivity contribution in [2.24, 2.45) is 5.92 Å². The molecule has 0 aliphatic heterocycles. The zero-order chi connectivity index (χ0) is 8.36. The smallest absolute Gasteiger partial charge is 0.281 e. The lowest BCUT2D eigenvalue weighted by molar-refractivity contribution is 0.460. The maximum atomic E-state index is 10.3. The maximum Gasteiger partial charge on any atom is 0.281 e. The summed E-state index contributed by atoms with van der Waals surface area (Å²) < 4.78 is 29.1. The van der Waals surface area contributed by atoms with Gasteiger partial charge in [-0.25, -0.2) is 0 Å². The summed E-state index contributed by atoms with van der Waals surface area (Å²) >= 11 is 0. The topological polar surface area (TPSA) is 78.2 Å². The van der Waals surface area contributed by atoms with E-state index in [2.05, 4.69) is 0 Å². The summed E-state index contributed by atoms with van der Waals surface area (Å²) in [5, 5.41) is 6.94. The van der Waals surface area contributed by atoms with Gasteiger partial charge in [-0.05, 0) is 5.92 Å². The van der Waals surface area contributed by atoms with Gasteiger partial charge in [0.15, 0.2) is 5.25 Å². The first-order valence-electron chi connectivity index (χ1n) is 2.75. The Morgan fingerprint density at radius 1 is 1.50 bits per heavy atom. The van der Waals surface area contributed by atoms with E-state index in [1.807, 2.05) is 0 Å². The van der Waals surface area contributed by atoms with Crippen molar-refractivity contribution in [2.45, 2.75) is 19.1 Å². The summed E-state index contributed by atoms with van der Waals surface area (Å²) in [5.74, 6) is -0.375. The lowest BCUT2D eigenvalue weighted by Crippen LogP contribution is -2.24. The Morgan fingerprint density at radius 3 is 1.90 bits per heavy atom. The molecule has 0 rings (SSSR count). The Morgan fingerprint density at radius 2 is 1.90 bits per heavy atom. The van der Waals surface area contributed by atoms with Gasteiger partial charge in [0.25, 0.3) is 10.1 Å². The van der Waals surface area contributed by atoms with Crippen LogP contribution in [-0.4, -0.2) is 18.2 Å². The van der Waals surface area contributed by atoms with Crippen molar-refractivity contribution in [3.8, 4) is 6.07 Å². The minimum absolute atomic E-state index is 0.375. The fraction of sp³-hybridized carbons (Fsp3) is 0.800. The molecule has 1 N–H and O–H groups in total. The van der Waals surface area contributed by atoms with E-state index >= 15 is 0 Å². The zero-order valence-electron chi connectivity index (χ0n) is 5.77. The van der Waals surface area contributed by atoms with Crippen molar-refractivity contribution in [1.29, 1.82) is 5.26 Å². The molecule has 10 heavy (non-hydrogen) atoms. The lowest BCUT2D eigenvalue weighted by atomic mass is 10.1. The molecule has 4 nitrogen and oxygen atoms in total. The van der Waals surface area contributed by atoms with Crippen LogP contribution in [0.5, 0.6) is 0 Å². The molecule has 0 saturated carbocycles. The van der Waals surface area contributed by atoms with E-state index in [-0.39, 0.29) is 5.92 Å². The van der Waals surface area contributed by atoms with Crippen LogP contribution in [0.25, 0.3) is 0 Å². The highest BCUT2D eigenvalue weighted by molar-refractivity contribution is 7.86. The molecule has 58 valence electrons. The zero-order valence-corrected chi connectivity index (χ0v) is 6.59. The summed E-state index contributed by atoms with van der Waals surface area (Å²) in [5.41, 5.74) is 0. The van der Waals surface area contributed by atoms with Crippen LogP contribution in [0, 0.1) is 17.2 Å². The van der Waals surface area contributed by atoms with Gasteiger partial charge in [0.2, 0.25) is 0 Å². The first kappa shape index (κ1) is 9.40. The van der Waals surface area contributed by atoms with Gasteiger partial charge in [0.1, 0.15) is 0 Å². The van der Waals surface area contributed by atoms with Crippen molar-refractivity contribution >= 4 is 10.1 Å². The fourth-order valence-electron chi connectivity index (χ4n) is 0.560. The average Bonchev–Trinajstić information content (AvgIpc) is 1.60. The minimum Gasteiger partial charge on any atom is -0.285 e. The first-order valence-corrected chi connectivity index (χ1v) is 4.26. The van der Waals surface area contributed by atoms with Gasteiger partial charge in [-0.1, -0.05) is 13.8 Å². The third-order valence-corrected chi connectivity index (χ3v) is 2.35. The predicted octanol–water partition coefficient (Wildman–Crippen LogP) is 0.422. The second-order valence-corrected chi connectivity index (χ2v) is 3.85. The average molecular weight is 163 g/mol. The molecule has 0 heterocycles. The molecular formula is C5H9NO3S. The Labute approximate surface area is 60.2 Å². The van der Waals surface area contributed by atoms with Gasteiger partial charge >= 0.3 is 0 Å². The number of hydrogen-bond acceptors (Lipinski definition) is 3. The molecule has 0 aromatic rings. The van der Waals surface area contributed by atoms with Crippen molar-refractivity contribution in [1.82, 2.24) is 0 Å². The molecule has 1 atom stereocenters. The summed E-state index contributed by atoms with van der Waals surface area (Å²) in [6.45, 7) is 3.11. The van der Waals surface area contributed by atoms with E-state index < -0.39 is 15.4 Å². The van der Waals surface area contributed by atoms with Crippen LogP contribution in [0.15, 0.2) is 0 Å². The summed E-state index contributed by atoms with van der Waals surface area (Å²) in [6.07, 6.45) is 0. The third-order valence-electron chi connectivity index (χ3n) is 1.05. The van der Waals surface area contributed by atoms with E-state index in [9.17, 15) is 8.42 Å². The molecule has 5 heteroatoms. The molecule has 0 radical (unpaired) electrons. The van der Waals surface area contributed by atoms with E-state index in [1.165, 1.54) is 6.07 Å². The predicted molar refractivity (Wildman–Crippen MR) is 35.8 cm³/mol. The van der Waals surface area contributed by atoms with E-state index in [1.54, 1.807) is 13.8 Å². The van der Waals surface area contributed by atoms with Crippen LogP contribution in [-0.2, 0) is 10.1 Å². The van der Waals surface area contributed by atoms with Gasteiger partial charge in [-0.3, -0.25) is 4.55 Å². The van der Waals surface area contributed by atoms with Crippen LogP contribution >= 0.6 is 0 Å². The largest absolute Gasteiger partial charge is 0.285 e. The van der Waals surface area contributed by atoms with Crippen molar-refractivity contribution in [3.63, 3.8) is 0 Å². The van der Waals surface area contributed by atoms with Gasteiger partial charge < -0.3 is 0 Å². The molecule has 0 aliphatic carbocycles. The number of nitriles is 1. The molecule has 0 aromatic carbocycles. The Balaban J connectivity index is 4.60. The molecule has 0 spiro atoms. The van der Waals surface area contributed by atoms with E-state index in [0.29, 0.717) is 0 Å². The molecular weight excluding hydrogens is 154 g/mol. The Bertz CT molecular complexity index is 236. The quantitative estimate of drug-likeness (QED) is 0.598. The fourth-order valence-corrected chi connectivity index (χ4v) is 1.38. The van der Waals surface area contributed by atoms with Crippen molar-refractivity contribution < 1.29 is 13.0 Å². The highest BCUT2D eigenvalue weighted by Crippen LogP contribution is 2.08. The first-order chi connectivity index (χ1) is 4.39. The Kier molecular flexibility index (Phi) is 2.81. The molecule has 1 unspecified atom stereocenters. The third kappa shape index (κ3) is 2.33. The second kappa shape index (κ2) is 2.99. The molecule has 0 fully saturated rings. The van der Waals surface area contributed by atoms with Gasteiger partial charge in [0.05, 0.1) is 6.07 Å². The highest BCUT2D eigenvalue weighted by Gasteiger charge is 2.25. The second-order valence-electron chi connectivity index (χ2n) is 2.31. The van der Waals surface area contributed by atoms with Gasteiger partial charge in [0, 0.05) is 0 Å². The Hall–Kier alpha value is -0.600. The van der Waals surface area contributed by atoms with E-state index in [0.717, 1.165) is 0 Å². The minimum atomic E-state index is -4.18. The SMILES string of the molecule is CC(C)C(C#N)S(=O)(=O)O. The van der Waals surface area contributed by atoms with Crippen LogP contribution in [0.4, 0.5) is 0 Å². The molecule has 0 aliphatic rings. The van der Waals surface area contributed by atoms with Crippen LogP contribution in [0.3, 0.4) is 0 Å². The maximum absolute atomic E-state index is 10.3. The monoisotopic (exact) mass is 163 g/mol. The summed E-state index contributed by atoms with van der Waals surface area (Å²) in [6, 6.07) is 1.50.